The molecule has 0 aliphatic rings. The largest absolute Gasteiger partial charge is 0.377 e. The molecular formula is C17H18N4O3S. The van der Waals surface area contributed by atoms with Crippen molar-refractivity contribution < 1.29 is 9.53 Å². The van der Waals surface area contributed by atoms with Crippen LogP contribution >= 0.6 is 11.3 Å². The number of benzene rings is 1. The van der Waals surface area contributed by atoms with Gasteiger partial charge in [0.25, 0.3) is 0 Å². The number of nitrogens with one attached hydrogen (secondary N) is 2. The normalized spacial score (nSPS) is 11.0. The number of para-hydroxylation sites is 1. The van der Waals surface area contributed by atoms with Crippen molar-refractivity contribution in [1.82, 2.24) is 15.2 Å². The maximum atomic E-state index is 12.6. The maximum absolute atomic E-state index is 12.6. The number of H-pyrrole nitrogens is 1. The third-order valence-electron chi connectivity index (χ3n) is 3.80. The molecular weight excluding hydrogens is 340 g/mol. The predicted molar refractivity (Wildman–Crippen MR) is 96.9 cm³/mol. The number of rotatable bonds is 6. The molecule has 0 atom stereocenters. The average molecular weight is 358 g/mol. The van der Waals surface area contributed by atoms with Gasteiger partial charge in [0, 0.05) is 35.7 Å². The SMILES string of the molecule is COCc1nnc(NC(=O)CCc2c(C)[nH]c3ccccc3c2=O)s1. The highest BCUT2D eigenvalue weighted by atomic mass is 32.1. The fourth-order valence-electron chi connectivity index (χ4n) is 2.61. The van der Waals surface area contributed by atoms with Gasteiger partial charge in [-0.25, -0.2) is 0 Å². The van der Waals surface area contributed by atoms with Crippen LogP contribution in [0.3, 0.4) is 0 Å². The molecule has 2 heterocycles. The number of aromatic nitrogens is 3. The van der Waals surface area contributed by atoms with Gasteiger partial charge in [-0.1, -0.05) is 23.5 Å². The minimum Gasteiger partial charge on any atom is -0.377 e. The Morgan fingerprint density at radius 3 is 2.92 bits per heavy atom. The van der Waals surface area contributed by atoms with Crippen molar-refractivity contribution in [3.63, 3.8) is 0 Å². The van der Waals surface area contributed by atoms with Crippen LogP contribution in [0, 0.1) is 6.92 Å². The third-order valence-corrected chi connectivity index (χ3v) is 4.62. The first-order chi connectivity index (χ1) is 12.1. The summed E-state index contributed by atoms with van der Waals surface area (Å²) in [4.78, 5) is 28.0. The zero-order valence-electron chi connectivity index (χ0n) is 14.0. The van der Waals surface area contributed by atoms with E-state index >= 15 is 0 Å². The Morgan fingerprint density at radius 2 is 2.12 bits per heavy atom. The highest BCUT2D eigenvalue weighted by Gasteiger charge is 2.13. The summed E-state index contributed by atoms with van der Waals surface area (Å²) in [5.41, 5.74) is 2.19. The van der Waals surface area contributed by atoms with Gasteiger partial charge in [-0.3, -0.25) is 9.59 Å². The van der Waals surface area contributed by atoms with Gasteiger partial charge < -0.3 is 15.0 Å². The summed E-state index contributed by atoms with van der Waals surface area (Å²) in [5, 5.41) is 12.3. The molecule has 0 saturated heterocycles. The number of anilines is 1. The van der Waals surface area contributed by atoms with Crippen molar-refractivity contribution in [1.29, 1.82) is 0 Å². The van der Waals surface area contributed by atoms with Crippen LogP contribution in [0.2, 0.25) is 0 Å². The summed E-state index contributed by atoms with van der Waals surface area (Å²) in [5.74, 6) is -0.202. The van der Waals surface area contributed by atoms with Crippen molar-refractivity contribution in [3.05, 3.63) is 50.8 Å². The molecule has 0 unspecified atom stereocenters. The minimum absolute atomic E-state index is 0.0297. The lowest BCUT2D eigenvalue weighted by Crippen LogP contribution is -2.17. The van der Waals surface area contributed by atoms with E-state index in [1.54, 1.807) is 13.2 Å². The highest BCUT2D eigenvalue weighted by Crippen LogP contribution is 2.17. The fraction of sp³-hybridized carbons (Fsp3) is 0.294. The second kappa shape index (κ2) is 7.54. The van der Waals surface area contributed by atoms with Gasteiger partial charge in [0.1, 0.15) is 11.6 Å². The van der Waals surface area contributed by atoms with Crippen LogP contribution in [0.1, 0.15) is 22.7 Å². The summed E-state index contributed by atoms with van der Waals surface area (Å²) in [6, 6.07) is 7.37. The molecule has 7 nitrogen and oxygen atoms in total. The maximum Gasteiger partial charge on any atom is 0.226 e. The molecule has 25 heavy (non-hydrogen) atoms. The molecule has 0 bridgehead atoms. The quantitative estimate of drug-likeness (QED) is 0.705. The number of amides is 1. The molecule has 0 spiro atoms. The number of nitrogens with zero attached hydrogens (tertiary/aromatic N) is 2. The fourth-order valence-corrected chi connectivity index (χ4v) is 3.34. The Morgan fingerprint density at radius 1 is 1.32 bits per heavy atom. The molecule has 0 saturated carbocycles. The standard InChI is InChI=1S/C17H18N4O3S/c1-10-11(16(23)12-5-3-4-6-13(12)18-10)7-8-14(22)19-17-21-20-15(25-17)9-24-2/h3-6H,7-9H2,1-2H3,(H,18,23)(H,19,21,22). The van der Waals surface area contributed by atoms with E-state index in [0.29, 0.717) is 34.1 Å². The van der Waals surface area contributed by atoms with E-state index in [1.807, 2.05) is 25.1 Å². The van der Waals surface area contributed by atoms with Gasteiger partial charge in [0.05, 0.1) is 0 Å². The highest BCUT2D eigenvalue weighted by molar-refractivity contribution is 7.15. The van der Waals surface area contributed by atoms with E-state index < -0.39 is 0 Å². The zero-order valence-corrected chi connectivity index (χ0v) is 14.8. The van der Waals surface area contributed by atoms with Crippen LogP contribution in [-0.4, -0.2) is 28.2 Å². The molecule has 3 aromatic rings. The molecule has 0 aliphatic carbocycles. The van der Waals surface area contributed by atoms with Gasteiger partial charge in [-0.15, -0.1) is 10.2 Å². The van der Waals surface area contributed by atoms with Crippen LogP contribution in [0.25, 0.3) is 10.9 Å². The van der Waals surface area contributed by atoms with Crippen molar-refractivity contribution >= 4 is 33.3 Å². The summed E-state index contributed by atoms with van der Waals surface area (Å²) in [7, 11) is 1.57. The summed E-state index contributed by atoms with van der Waals surface area (Å²) in [6.45, 7) is 2.21. The number of carbonyl (C=O) groups excluding carboxylic acids is 1. The number of fused-ring (bicyclic) bond motifs is 1. The van der Waals surface area contributed by atoms with Crippen LogP contribution in [0.4, 0.5) is 5.13 Å². The first kappa shape index (κ1) is 17.2. The third kappa shape index (κ3) is 3.92. The number of methoxy groups -OCH3 is 1. The molecule has 0 fully saturated rings. The molecule has 2 aromatic heterocycles. The molecule has 8 heteroatoms. The molecule has 0 aliphatic heterocycles. The van der Waals surface area contributed by atoms with Crippen molar-refractivity contribution in [2.24, 2.45) is 0 Å². The Balaban J connectivity index is 1.69. The first-order valence-corrected chi connectivity index (χ1v) is 8.62. The summed E-state index contributed by atoms with van der Waals surface area (Å²) >= 11 is 1.27. The Bertz CT molecular complexity index is 964. The number of aryl methyl sites for hydroxylation is 1. The first-order valence-electron chi connectivity index (χ1n) is 7.80. The van der Waals surface area contributed by atoms with E-state index in [9.17, 15) is 9.59 Å². The lowest BCUT2D eigenvalue weighted by atomic mass is 10.0. The van der Waals surface area contributed by atoms with E-state index in [2.05, 4.69) is 20.5 Å². The van der Waals surface area contributed by atoms with Crippen LogP contribution in [0.15, 0.2) is 29.1 Å². The van der Waals surface area contributed by atoms with E-state index in [-0.39, 0.29) is 17.8 Å². The van der Waals surface area contributed by atoms with Gasteiger partial charge >= 0.3 is 0 Å². The Labute approximate surface area is 148 Å². The number of pyridine rings is 1. The number of carbonyl (C=O) groups is 1. The smallest absolute Gasteiger partial charge is 0.226 e. The molecule has 1 aromatic carbocycles. The van der Waals surface area contributed by atoms with E-state index in [1.165, 1.54) is 11.3 Å². The molecule has 3 rings (SSSR count). The Kier molecular flexibility index (Phi) is 5.20. The number of hydrogen-bond donors (Lipinski definition) is 2. The molecule has 1 amide bonds. The topological polar surface area (TPSA) is 97.0 Å². The van der Waals surface area contributed by atoms with Crippen LogP contribution < -0.4 is 10.7 Å². The number of aromatic amines is 1. The molecule has 0 radical (unpaired) electrons. The summed E-state index contributed by atoms with van der Waals surface area (Å²) in [6.07, 6.45) is 0.559. The second-order valence-corrected chi connectivity index (χ2v) is 6.65. The molecule has 2 N–H and O–H groups in total. The van der Waals surface area contributed by atoms with Crippen molar-refractivity contribution in [3.8, 4) is 0 Å². The van der Waals surface area contributed by atoms with Gasteiger partial charge in [0.15, 0.2) is 5.43 Å². The van der Waals surface area contributed by atoms with E-state index in [4.69, 9.17) is 4.74 Å². The van der Waals surface area contributed by atoms with Gasteiger partial charge in [0.2, 0.25) is 11.0 Å². The van der Waals surface area contributed by atoms with Crippen molar-refractivity contribution in [2.75, 3.05) is 12.4 Å². The number of hydrogen-bond acceptors (Lipinski definition) is 6. The molecule has 130 valence electrons. The second-order valence-electron chi connectivity index (χ2n) is 5.59. The van der Waals surface area contributed by atoms with Crippen LogP contribution in [0.5, 0.6) is 0 Å². The number of ether oxygens (including phenoxy) is 1. The van der Waals surface area contributed by atoms with Gasteiger partial charge in [-0.05, 0) is 25.5 Å². The zero-order chi connectivity index (χ0) is 17.8. The van der Waals surface area contributed by atoms with Crippen LogP contribution in [-0.2, 0) is 22.6 Å². The average Bonchev–Trinajstić information content (AvgIpc) is 3.02. The van der Waals surface area contributed by atoms with E-state index in [0.717, 1.165) is 11.2 Å². The van der Waals surface area contributed by atoms with Gasteiger partial charge in [-0.2, -0.15) is 0 Å². The predicted octanol–water partition coefficient (Wildman–Crippen LogP) is 2.41. The lowest BCUT2D eigenvalue weighted by molar-refractivity contribution is -0.116. The lowest BCUT2D eigenvalue weighted by Gasteiger charge is -2.07. The Hall–Kier alpha value is -2.58. The van der Waals surface area contributed by atoms with Crippen molar-refractivity contribution in [2.45, 2.75) is 26.4 Å². The monoisotopic (exact) mass is 358 g/mol. The summed E-state index contributed by atoms with van der Waals surface area (Å²) < 4.78 is 4.97. The minimum atomic E-state index is -0.202.